The number of hydrogen-bond donors (Lipinski definition) is 1. The summed E-state index contributed by atoms with van der Waals surface area (Å²) in [6.45, 7) is 1.27. The number of benzene rings is 1. The zero-order chi connectivity index (χ0) is 23.2. The van der Waals surface area contributed by atoms with Gasteiger partial charge in [0.25, 0.3) is 0 Å². The minimum Gasteiger partial charge on any atom is -0.424 e. The van der Waals surface area contributed by atoms with Gasteiger partial charge >= 0.3 is 12.2 Å². The summed E-state index contributed by atoms with van der Waals surface area (Å²) in [6.07, 6.45) is -1.32. The number of ether oxygens (including phenoxy) is 1. The number of pyridine rings is 1. The van der Waals surface area contributed by atoms with Gasteiger partial charge in [-0.3, -0.25) is 4.98 Å². The number of aryl methyl sites for hydroxylation is 1. The number of piperidine rings is 1. The highest BCUT2D eigenvalue weighted by Gasteiger charge is 2.43. The minimum absolute atomic E-state index is 0.106. The number of alkyl halides is 3. The van der Waals surface area contributed by atoms with Crippen LogP contribution in [0.15, 0.2) is 42.6 Å². The maximum atomic E-state index is 13.4. The van der Waals surface area contributed by atoms with Crippen molar-refractivity contribution in [3.8, 4) is 11.8 Å². The third-order valence-electron chi connectivity index (χ3n) is 6.26. The number of nitrogens with zero attached hydrogens (tertiary/aromatic N) is 5. The molecule has 11 heteroatoms. The molecule has 1 N–H and O–H groups in total. The van der Waals surface area contributed by atoms with Crippen LogP contribution in [0, 0.1) is 17.7 Å². The van der Waals surface area contributed by atoms with Crippen molar-refractivity contribution in [3.05, 3.63) is 54.1 Å². The largest absolute Gasteiger partial charge is 0.433 e. The number of rotatable bonds is 5. The standard InChI is InChI=1S/C22H22F4N6O/c1-31-21(33-17-4-2-3-15(23)9-17)29-20(30-31)28-19-13-5-6-14(19)12-32(11-13)16-7-8-27-18(10-16)22(24,25)26/h2-4,7-10,13-14,19H,5-6,11-12H2,1H3,(H,28,30). The van der Waals surface area contributed by atoms with Crippen LogP contribution in [0.4, 0.5) is 29.2 Å². The van der Waals surface area contributed by atoms with E-state index in [0.29, 0.717) is 30.5 Å². The average Bonchev–Trinajstić information content (AvgIpc) is 3.21. The first kappa shape index (κ1) is 21.5. The number of anilines is 2. The van der Waals surface area contributed by atoms with Crippen LogP contribution >= 0.6 is 0 Å². The van der Waals surface area contributed by atoms with E-state index in [1.807, 2.05) is 4.90 Å². The molecule has 174 valence electrons. The van der Waals surface area contributed by atoms with Gasteiger partial charge in [-0.05, 0) is 48.9 Å². The predicted molar refractivity (Wildman–Crippen MR) is 113 cm³/mol. The summed E-state index contributed by atoms with van der Waals surface area (Å²) in [7, 11) is 1.69. The fourth-order valence-electron chi connectivity index (χ4n) is 4.75. The molecule has 33 heavy (non-hydrogen) atoms. The van der Waals surface area contributed by atoms with Crippen LogP contribution in [0.2, 0.25) is 0 Å². The highest BCUT2D eigenvalue weighted by molar-refractivity contribution is 5.49. The Hall–Kier alpha value is -3.37. The second-order valence-corrected chi connectivity index (χ2v) is 8.47. The summed E-state index contributed by atoms with van der Waals surface area (Å²) in [5.41, 5.74) is -0.342. The van der Waals surface area contributed by atoms with Crippen LogP contribution in [-0.4, -0.2) is 38.9 Å². The molecule has 3 heterocycles. The smallest absolute Gasteiger partial charge is 0.424 e. The number of fused-ring (bicyclic) bond motifs is 2. The van der Waals surface area contributed by atoms with Gasteiger partial charge in [0.15, 0.2) is 0 Å². The molecule has 5 rings (SSSR count). The second-order valence-electron chi connectivity index (χ2n) is 8.47. The second kappa shape index (κ2) is 8.20. The molecule has 2 bridgehead atoms. The van der Waals surface area contributed by atoms with E-state index in [1.165, 1.54) is 23.0 Å². The van der Waals surface area contributed by atoms with Crippen molar-refractivity contribution < 1.29 is 22.3 Å². The third kappa shape index (κ3) is 4.44. The molecular formula is C22H22F4N6O. The number of nitrogens with one attached hydrogen (secondary N) is 1. The molecule has 1 aliphatic heterocycles. The lowest BCUT2D eigenvalue weighted by molar-refractivity contribution is -0.141. The monoisotopic (exact) mass is 462 g/mol. The molecule has 2 atom stereocenters. The molecule has 1 saturated heterocycles. The first-order chi connectivity index (χ1) is 15.8. The van der Waals surface area contributed by atoms with Crippen molar-refractivity contribution >= 4 is 11.6 Å². The van der Waals surface area contributed by atoms with E-state index < -0.39 is 17.7 Å². The van der Waals surface area contributed by atoms with Crippen LogP contribution in [0.3, 0.4) is 0 Å². The fourth-order valence-corrected chi connectivity index (χ4v) is 4.75. The summed E-state index contributed by atoms with van der Waals surface area (Å²) in [5, 5.41) is 7.76. The molecule has 0 amide bonds. The van der Waals surface area contributed by atoms with Crippen LogP contribution in [0.1, 0.15) is 18.5 Å². The van der Waals surface area contributed by atoms with Gasteiger partial charge in [-0.25, -0.2) is 9.07 Å². The Labute approximate surface area is 187 Å². The van der Waals surface area contributed by atoms with Crippen molar-refractivity contribution in [2.75, 3.05) is 23.3 Å². The zero-order valence-electron chi connectivity index (χ0n) is 17.8. The van der Waals surface area contributed by atoms with E-state index in [4.69, 9.17) is 4.74 Å². The van der Waals surface area contributed by atoms with Crippen LogP contribution < -0.4 is 15.0 Å². The van der Waals surface area contributed by atoms with Gasteiger partial charge in [-0.1, -0.05) is 6.07 Å². The molecule has 2 aliphatic rings. The van der Waals surface area contributed by atoms with E-state index in [1.54, 1.807) is 25.2 Å². The Morgan fingerprint density at radius 2 is 1.85 bits per heavy atom. The van der Waals surface area contributed by atoms with Gasteiger partial charge in [-0.2, -0.15) is 18.2 Å². The minimum atomic E-state index is -4.47. The van der Waals surface area contributed by atoms with E-state index in [0.717, 1.165) is 18.9 Å². The van der Waals surface area contributed by atoms with Crippen LogP contribution in [0.5, 0.6) is 11.8 Å². The first-order valence-corrected chi connectivity index (χ1v) is 10.7. The van der Waals surface area contributed by atoms with E-state index in [2.05, 4.69) is 20.4 Å². The summed E-state index contributed by atoms with van der Waals surface area (Å²) in [5.74, 6) is 0.793. The van der Waals surface area contributed by atoms with Gasteiger partial charge in [0.1, 0.15) is 17.3 Å². The normalized spacial score (nSPS) is 22.5. The summed E-state index contributed by atoms with van der Waals surface area (Å²) < 4.78 is 59.7. The highest BCUT2D eigenvalue weighted by Crippen LogP contribution is 2.41. The van der Waals surface area contributed by atoms with E-state index >= 15 is 0 Å². The zero-order valence-corrected chi connectivity index (χ0v) is 17.8. The van der Waals surface area contributed by atoms with Crippen molar-refractivity contribution in [2.45, 2.75) is 25.1 Å². The predicted octanol–water partition coefficient (Wildman–Crippen LogP) is 4.49. The van der Waals surface area contributed by atoms with Gasteiger partial charge in [-0.15, -0.1) is 5.10 Å². The quantitative estimate of drug-likeness (QED) is 0.564. The average molecular weight is 462 g/mol. The summed E-state index contributed by atoms with van der Waals surface area (Å²) in [6, 6.07) is 8.84. The molecule has 1 saturated carbocycles. The number of hydrogen-bond acceptors (Lipinski definition) is 6. The van der Waals surface area contributed by atoms with Gasteiger partial charge in [0.2, 0.25) is 5.95 Å². The lowest BCUT2D eigenvalue weighted by Gasteiger charge is -2.39. The molecule has 7 nitrogen and oxygen atoms in total. The molecule has 2 fully saturated rings. The first-order valence-electron chi connectivity index (χ1n) is 10.7. The summed E-state index contributed by atoms with van der Waals surface area (Å²) in [4.78, 5) is 9.85. The lowest BCUT2D eigenvalue weighted by Crippen LogP contribution is -2.48. The third-order valence-corrected chi connectivity index (χ3v) is 6.26. The van der Waals surface area contributed by atoms with E-state index in [-0.39, 0.29) is 23.9 Å². The Morgan fingerprint density at radius 1 is 1.09 bits per heavy atom. The molecule has 0 radical (unpaired) electrons. The number of halogens is 4. The Morgan fingerprint density at radius 3 is 2.55 bits per heavy atom. The molecule has 2 aromatic heterocycles. The molecule has 1 aromatic carbocycles. The number of aromatic nitrogens is 4. The highest BCUT2D eigenvalue weighted by atomic mass is 19.4. The molecule has 1 aliphatic carbocycles. The van der Waals surface area contributed by atoms with E-state index in [9.17, 15) is 17.6 Å². The molecule has 0 spiro atoms. The Bertz CT molecular complexity index is 1140. The van der Waals surface area contributed by atoms with Crippen LogP contribution in [-0.2, 0) is 13.2 Å². The van der Waals surface area contributed by atoms with Crippen LogP contribution in [0.25, 0.3) is 0 Å². The molecule has 2 unspecified atom stereocenters. The summed E-state index contributed by atoms with van der Waals surface area (Å²) >= 11 is 0. The fraction of sp³-hybridized carbons (Fsp3) is 0.409. The van der Waals surface area contributed by atoms with Crippen molar-refractivity contribution in [2.24, 2.45) is 18.9 Å². The van der Waals surface area contributed by atoms with Crippen molar-refractivity contribution in [3.63, 3.8) is 0 Å². The maximum absolute atomic E-state index is 13.4. The van der Waals surface area contributed by atoms with Gasteiger partial charge < -0.3 is 15.0 Å². The molecule has 3 aromatic rings. The molecular weight excluding hydrogens is 440 g/mol. The van der Waals surface area contributed by atoms with Gasteiger partial charge in [0.05, 0.1) is 0 Å². The Kier molecular flexibility index (Phi) is 5.34. The Balaban J connectivity index is 1.28. The van der Waals surface area contributed by atoms with Crippen molar-refractivity contribution in [1.82, 2.24) is 19.7 Å². The van der Waals surface area contributed by atoms with Crippen molar-refractivity contribution in [1.29, 1.82) is 0 Å². The topological polar surface area (TPSA) is 68.1 Å². The lowest BCUT2D eigenvalue weighted by atomic mass is 9.92. The van der Waals surface area contributed by atoms with Gasteiger partial charge in [0, 0.05) is 44.1 Å². The SMILES string of the molecule is Cn1nc(NC2C3CCC2CN(c2ccnc(C(F)(F)F)c2)C3)nc1Oc1cccc(F)c1. The maximum Gasteiger partial charge on any atom is 0.433 e.